The Bertz CT molecular complexity index is 753. The van der Waals surface area contributed by atoms with E-state index in [0.717, 1.165) is 5.75 Å². The molecule has 0 bridgehead atoms. The van der Waals surface area contributed by atoms with Crippen molar-refractivity contribution >= 4 is 6.21 Å². The van der Waals surface area contributed by atoms with E-state index in [0.29, 0.717) is 30.5 Å². The minimum Gasteiger partial charge on any atom is -0.504 e. The zero-order valence-corrected chi connectivity index (χ0v) is 16.1. The summed E-state index contributed by atoms with van der Waals surface area (Å²) >= 11 is 0. The number of likely N-dealkylation sites (tertiary alicyclic amines) is 1. The Balaban J connectivity index is 1.76. The molecule has 1 aliphatic heterocycles. The number of rotatable bonds is 8. The molecule has 0 unspecified atom stereocenters. The topological polar surface area (TPSA) is 55.5 Å². The number of ether oxygens (including phenoxy) is 2. The van der Waals surface area contributed by atoms with Gasteiger partial charge >= 0.3 is 0 Å². The van der Waals surface area contributed by atoms with Crippen molar-refractivity contribution in [3.8, 4) is 17.2 Å². The minimum atomic E-state index is 0.151. The molecule has 5 heteroatoms. The molecule has 5 nitrogen and oxygen atoms in total. The highest BCUT2D eigenvalue weighted by atomic mass is 16.5. The molecule has 0 spiro atoms. The summed E-state index contributed by atoms with van der Waals surface area (Å²) in [5, 5.41) is 10.3. The third-order valence-corrected chi connectivity index (χ3v) is 5.11. The highest BCUT2D eigenvalue weighted by Crippen LogP contribution is 2.28. The van der Waals surface area contributed by atoms with Gasteiger partial charge in [0.25, 0.3) is 0 Å². The average Bonchev–Trinajstić information content (AvgIpc) is 3.23. The summed E-state index contributed by atoms with van der Waals surface area (Å²) in [6.07, 6.45) is 4.29. The first kappa shape index (κ1) is 19.2. The lowest BCUT2D eigenvalue weighted by atomic mass is 10.1. The van der Waals surface area contributed by atoms with Crippen molar-refractivity contribution in [3.05, 3.63) is 53.6 Å². The van der Waals surface area contributed by atoms with Gasteiger partial charge in [0.1, 0.15) is 11.8 Å². The van der Waals surface area contributed by atoms with Crippen LogP contribution in [0.4, 0.5) is 0 Å². The summed E-state index contributed by atoms with van der Waals surface area (Å²) in [4.78, 5) is 6.25. The number of aliphatic imine (C=N–C) groups is 1. The van der Waals surface area contributed by atoms with Crippen molar-refractivity contribution in [1.29, 1.82) is 0 Å². The minimum absolute atomic E-state index is 0.151. The van der Waals surface area contributed by atoms with Gasteiger partial charge in [-0.3, -0.25) is 4.99 Å². The number of hydrogen-bond donors (Lipinski definition) is 2. The third-order valence-electron chi connectivity index (χ3n) is 5.11. The molecule has 1 heterocycles. The van der Waals surface area contributed by atoms with Gasteiger partial charge in [0.15, 0.2) is 11.5 Å². The highest BCUT2D eigenvalue weighted by molar-refractivity contribution is 5.84. The van der Waals surface area contributed by atoms with Crippen molar-refractivity contribution in [2.75, 3.05) is 33.4 Å². The molecular weight excluding hydrogens is 340 g/mol. The van der Waals surface area contributed by atoms with E-state index in [1.807, 2.05) is 31.2 Å². The fourth-order valence-electron chi connectivity index (χ4n) is 3.66. The number of nitrogens with zero attached hydrogens (tertiary/aromatic N) is 1. The molecule has 0 aliphatic carbocycles. The largest absolute Gasteiger partial charge is 0.504 e. The van der Waals surface area contributed by atoms with Crippen LogP contribution in [0.5, 0.6) is 17.2 Å². The fourth-order valence-corrected chi connectivity index (χ4v) is 3.66. The molecule has 3 rings (SSSR count). The SMILES string of the molecule is CCOc1cccc(C=NC[C@@H](c2ccc(OC)cc2)[NH+]2CCCC2)c1O. The Morgan fingerprint density at radius 1 is 1.15 bits per heavy atom. The number of quaternary nitrogens is 1. The van der Waals surface area contributed by atoms with Gasteiger partial charge in [-0.1, -0.05) is 6.07 Å². The average molecular weight is 369 g/mol. The number of phenolic OH excluding ortho intramolecular Hbond substituents is 1. The summed E-state index contributed by atoms with van der Waals surface area (Å²) < 4.78 is 10.7. The molecule has 1 saturated heterocycles. The number of benzene rings is 2. The van der Waals surface area contributed by atoms with Gasteiger partial charge in [0.05, 0.1) is 33.4 Å². The fraction of sp³-hybridized carbons (Fsp3) is 0.409. The van der Waals surface area contributed by atoms with Crippen molar-refractivity contribution in [2.45, 2.75) is 25.8 Å². The summed E-state index contributed by atoms with van der Waals surface area (Å²) in [6.45, 7) is 5.46. The third kappa shape index (κ3) is 4.80. The Labute approximate surface area is 161 Å². The van der Waals surface area contributed by atoms with Crippen LogP contribution in [0.15, 0.2) is 47.5 Å². The van der Waals surface area contributed by atoms with Crippen LogP contribution in [0, 0.1) is 0 Å². The second-order valence-electron chi connectivity index (χ2n) is 6.81. The first-order valence-corrected chi connectivity index (χ1v) is 9.66. The lowest BCUT2D eigenvalue weighted by Crippen LogP contribution is -3.10. The Kier molecular flexibility index (Phi) is 6.71. The first-order valence-electron chi connectivity index (χ1n) is 9.66. The number of hydrogen-bond acceptors (Lipinski definition) is 4. The predicted molar refractivity (Wildman–Crippen MR) is 107 cm³/mol. The van der Waals surface area contributed by atoms with Crippen LogP contribution in [-0.4, -0.2) is 44.7 Å². The molecule has 2 aromatic carbocycles. The maximum atomic E-state index is 10.3. The van der Waals surface area contributed by atoms with Gasteiger partial charge < -0.3 is 19.5 Å². The lowest BCUT2D eigenvalue weighted by Gasteiger charge is -2.23. The highest BCUT2D eigenvalue weighted by Gasteiger charge is 2.27. The maximum absolute atomic E-state index is 10.3. The van der Waals surface area contributed by atoms with Crippen LogP contribution in [-0.2, 0) is 0 Å². The van der Waals surface area contributed by atoms with Gasteiger partial charge in [-0.25, -0.2) is 0 Å². The molecule has 0 aromatic heterocycles. The van der Waals surface area contributed by atoms with E-state index in [9.17, 15) is 5.11 Å². The van der Waals surface area contributed by atoms with Gasteiger partial charge in [-0.05, 0) is 43.3 Å². The molecule has 27 heavy (non-hydrogen) atoms. The first-order chi connectivity index (χ1) is 13.2. The van der Waals surface area contributed by atoms with Crippen LogP contribution in [0.25, 0.3) is 0 Å². The van der Waals surface area contributed by atoms with E-state index in [1.165, 1.54) is 31.5 Å². The van der Waals surface area contributed by atoms with Crippen LogP contribution in [0.1, 0.15) is 36.9 Å². The van der Waals surface area contributed by atoms with Crippen molar-refractivity contribution in [1.82, 2.24) is 0 Å². The summed E-state index contributed by atoms with van der Waals surface area (Å²) in [7, 11) is 1.69. The van der Waals surface area contributed by atoms with E-state index in [4.69, 9.17) is 9.47 Å². The van der Waals surface area contributed by atoms with Gasteiger partial charge in [-0.15, -0.1) is 0 Å². The molecule has 144 valence electrons. The second kappa shape index (κ2) is 9.42. The Morgan fingerprint density at radius 3 is 2.56 bits per heavy atom. The van der Waals surface area contributed by atoms with Gasteiger partial charge in [-0.2, -0.15) is 0 Å². The molecule has 2 N–H and O–H groups in total. The second-order valence-corrected chi connectivity index (χ2v) is 6.81. The van der Waals surface area contributed by atoms with Crippen molar-refractivity contribution in [2.24, 2.45) is 4.99 Å². The van der Waals surface area contributed by atoms with Crippen LogP contribution < -0.4 is 14.4 Å². The number of nitrogens with one attached hydrogen (secondary N) is 1. The summed E-state index contributed by atoms with van der Waals surface area (Å²) in [5.74, 6) is 1.52. The zero-order valence-electron chi connectivity index (χ0n) is 16.1. The molecule has 1 atom stereocenters. The molecule has 1 fully saturated rings. The lowest BCUT2D eigenvalue weighted by molar-refractivity contribution is -0.918. The van der Waals surface area contributed by atoms with E-state index < -0.39 is 0 Å². The quantitative estimate of drug-likeness (QED) is 0.704. The number of para-hydroxylation sites is 1. The van der Waals surface area contributed by atoms with Crippen LogP contribution in [0.3, 0.4) is 0 Å². The van der Waals surface area contributed by atoms with E-state index in [2.05, 4.69) is 17.1 Å². The van der Waals surface area contributed by atoms with E-state index in [1.54, 1.807) is 24.3 Å². The molecule has 1 aliphatic rings. The van der Waals surface area contributed by atoms with Crippen molar-refractivity contribution in [3.63, 3.8) is 0 Å². The summed E-state index contributed by atoms with van der Waals surface area (Å²) in [5.41, 5.74) is 1.96. The number of phenols is 1. The molecule has 2 aromatic rings. The maximum Gasteiger partial charge on any atom is 0.166 e. The number of methoxy groups -OCH3 is 1. The standard InChI is InChI=1S/C22H28N2O3/c1-3-27-21-8-6-7-18(22(21)25)15-23-16-20(24-13-4-5-14-24)17-9-11-19(26-2)12-10-17/h6-12,15,20,25H,3-5,13-14,16H2,1-2H3/p+1/t20-/m0/s1. The molecule has 0 amide bonds. The normalized spacial score (nSPS) is 15.9. The van der Waals surface area contributed by atoms with Gasteiger partial charge in [0.2, 0.25) is 0 Å². The molecule has 0 saturated carbocycles. The van der Waals surface area contributed by atoms with Crippen LogP contribution in [0.2, 0.25) is 0 Å². The van der Waals surface area contributed by atoms with E-state index in [-0.39, 0.29) is 5.75 Å². The predicted octanol–water partition coefficient (Wildman–Crippen LogP) is 2.64. The Hall–Kier alpha value is -2.53. The smallest absolute Gasteiger partial charge is 0.166 e. The molecule has 0 radical (unpaired) electrons. The zero-order chi connectivity index (χ0) is 19.1. The monoisotopic (exact) mass is 369 g/mol. The molecular formula is C22H29N2O3+. The van der Waals surface area contributed by atoms with Gasteiger partial charge in [0, 0.05) is 30.2 Å². The van der Waals surface area contributed by atoms with Crippen molar-refractivity contribution < 1.29 is 19.5 Å². The Morgan fingerprint density at radius 2 is 1.89 bits per heavy atom. The number of aromatic hydroxyl groups is 1. The summed E-state index contributed by atoms with van der Waals surface area (Å²) in [6, 6.07) is 14.1. The van der Waals surface area contributed by atoms with Crippen LogP contribution >= 0.6 is 0 Å². The van der Waals surface area contributed by atoms with E-state index >= 15 is 0 Å².